The Bertz CT molecular complexity index is 510. The Balaban J connectivity index is 1.93. The van der Waals surface area contributed by atoms with Gasteiger partial charge < -0.3 is 10.1 Å². The zero-order chi connectivity index (χ0) is 13.5. The van der Waals surface area contributed by atoms with Gasteiger partial charge in [-0.1, -0.05) is 19.1 Å². The minimum absolute atomic E-state index is 0.222. The van der Waals surface area contributed by atoms with Crippen molar-refractivity contribution in [2.24, 2.45) is 0 Å². The third-order valence-electron chi connectivity index (χ3n) is 2.71. The molecular weight excluding hydrogens is 241 g/mol. The van der Waals surface area contributed by atoms with E-state index in [0.29, 0.717) is 6.54 Å². The average Bonchev–Trinajstić information content (AvgIpc) is 2.45. The molecule has 0 saturated heterocycles. The quantitative estimate of drug-likeness (QED) is 0.838. The summed E-state index contributed by atoms with van der Waals surface area (Å²) in [5.74, 6) is 0.667. The van der Waals surface area contributed by atoms with Crippen molar-refractivity contribution in [3.8, 4) is 5.75 Å². The number of ether oxygens (including phenoxy) is 1. The van der Waals surface area contributed by atoms with E-state index in [1.54, 1.807) is 12.1 Å². The molecule has 2 nitrogen and oxygen atoms in total. The van der Waals surface area contributed by atoms with E-state index in [1.807, 2.05) is 24.3 Å². The number of benzene rings is 2. The first kappa shape index (κ1) is 13.4. The van der Waals surface area contributed by atoms with Gasteiger partial charge >= 0.3 is 0 Å². The van der Waals surface area contributed by atoms with Gasteiger partial charge in [0, 0.05) is 12.2 Å². The van der Waals surface area contributed by atoms with Gasteiger partial charge in [0.05, 0.1) is 6.61 Å². The van der Waals surface area contributed by atoms with Crippen molar-refractivity contribution in [2.45, 2.75) is 19.9 Å². The van der Waals surface area contributed by atoms with Gasteiger partial charge in [-0.15, -0.1) is 0 Å². The summed E-state index contributed by atoms with van der Waals surface area (Å²) < 4.78 is 18.4. The largest absolute Gasteiger partial charge is 0.494 e. The number of anilines is 1. The molecule has 0 fully saturated rings. The van der Waals surface area contributed by atoms with Crippen LogP contribution >= 0.6 is 0 Å². The molecule has 19 heavy (non-hydrogen) atoms. The van der Waals surface area contributed by atoms with Crippen molar-refractivity contribution >= 4 is 5.69 Å². The highest BCUT2D eigenvalue weighted by atomic mass is 19.1. The smallest absolute Gasteiger partial charge is 0.123 e. The van der Waals surface area contributed by atoms with Gasteiger partial charge in [0.1, 0.15) is 11.6 Å². The minimum Gasteiger partial charge on any atom is -0.494 e. The third-order valence-corrected chi connectivity index (χ3v) is 2.71. The summed E-state index contributed by atoms with van der Waals surface area (Å²) in [4.78, 5) is 0. The molecule has 0 heterocycles. The number of nitrogens with one attached hydrogen (secondary N) is 1. The predicted molar refractivity (Wildman–Crippen MR) is 76.0 cm³/mol. The van der Waals surface area contributed by atoms with E-state index in [0.717, 1.165) is 30.0 Å². The molecule has 100 valence electrons. The SMILES string of the molecule is CCCOc1cccc(CNc2ccc(F)cc2)c1. The lowest BCUT2D eigenvalue weighted by molar-refractivity contribution is 0.317. The van der Waals surface area contributed by atoms with E-state index >= 15 is 0 Å². The number of rotatable bonds is 6. The number of hydrogen-bond acceptors (Lipinski definition) is 2. The van der Waals surface area contributed by atoms with Gasteiger partial charge in [0.25, 0.3) is 0 Å². The molecule has 2 aromatic carbocycles. The maximum Gasteiger partial charge on any atom is 0.123 e. The van der Waals surface area contributed by atoms with Crippen LogP contribution in [0.4, 0.5) is 10.1 Å². The topological polar surface area (TPSA) is 21.3 Å². The fourth-order valence-electron chi connectivity index (χ4n) is 1.74. The molecule has 0 aliphatic carbocycles. The molecule has 0 aliphatic rings. The first-order valence-corrected chi connectivity index (χ1v) is 6.49. The summed E-state index contributed by atoms with van der Waals surface area (Å²) in [6.45, 7) is 3.50. The van der Waals surface area contributed by atoms with E-state index in [-0.39, 0.29) is 5.82 Å². The van der Waals surface area contributed by atoms with Crippen LogP contribution in [0, 0.1) is 5.82 Å². The highest BCUT2D eigenvalue weighted by molar-refractivity contribution is 5.44. The molecule has 2 rings (SSSR count). The van der Waals surface area contributed by atoms with E-state index in [4.69, 9.17) is 4.74 Å². The van der Waals surface area contributed by atoms with Crippen molar-refractivity contribution in [3.63, 3.8) is 0 Å². The predicted octanol–water partition coefficient (Wildman–Crippen LogP) is 4.23. The molecule has 0 atom stereocenters. The summed E-state index contributed by atoms with van der Waals surface area (Å²) in [5.41, 5.74) is 2.04. The van der Waals surface area contributed by atoms with Crippen LogP contribution < -0.4 is 10.1 Å². The van der Waals surface area contributed by atoms with Crippen LogP contribution in [-0.4, -0.2) is 6.61 Å². The Labute approximate surface area is 113 Å². The van der Waals surface area contributed by atoms with Crippen molar-refractivity contribution in [2.75, 3.05) is 11.9 Å². The molecule has 0 aliphatic heterocycles. The van der Waals surface area contributed by atoms with Crippen LogP contribution in [-0.2, 0) is 6.54 Å². The fourth-order valence-corrected chi connectivity index (χ4v) is 1.74. The Morgan fingerprint density at radius 1 is 1.11 bits per heavy atom. The molecule has 0 bridgehead atoms. The zero-order valence-electron chi connectivity index (χ0n) is 11.0. The van der Waals surface area contributed by atoms with Crippen molar-refractivity contribution in [1.82, 2.24) is 0 Å². The second-order valence-electron chi connectivity index (χ2n) is 4.36. The normalized spacial score (nSPS) is 10.2. The monoisotopic (exact) mass is 259 g/mol. The van der Waals surface area contributed by atoms with Crippen LogP contribution in [0.1, 0.15) is 18.9 Å². The summed E-state index contributed by atoms with van der Waals surface area (Å²) in [6.07, 6.45) is 0.998. The summed E-state index contributed by atoms with van der Waals surface area (Å²) in [5, 5.41) is 3.25. The van der Waals surface area contributed by atoms with Crippen LogP contribution in [0.2, 0.25) is 0 Å². The van der Waals surface area contributed by atoms with Crippen molar-refractivity contribution in [1.29, 1.82) is 0 Å². The second-order valence-corrected chi connectivity index (χ2v) is 4.36. The van der Waals surface area contributed by atoms with E-state index in [9.17, 15) is 4.39 Å². The van der Waals surface area contributed by atoms with Crippen molar-refractivity contribution < 1.29 is 9.13 Å². The molecule has 0 saturated carbocycles. The molecule has 0 unspecified atom stereocenters. The Morgan fingerprint density at radius 2 is 1.89 bits per heavy atom. The van der Waals surface area contributed by atoms with Crippen molar-refractivity contribution in [3.05, 3.63) is 59.9 Å². The van der Waals surface area contributed by atoms with Crippen LogP contribution in [0.15, 0.2) is 48.5 Å². The van der Waals surface area contributed by atoms with Crippen LogP contribution in [0.5, 0.6) is 5.75 Å². The van der Waals surface area contributed by atoms with E-state index in [2.05, 4.69) is 12.2 Å². The Kier molecular flexibility index (Phi) is 4.78. The van der Waals surface area contributed by atoms with Gasteiger partial charge in [-0.3, -0.25) is 0 Å². The van der Waals surface area contributed by atoms with Gasteiger partial charge in [-0.05, 0) is 48.4 Å². The lowest BCUT2D eigenvalue weighted by Gasteiger charge is -2.09. The van der Waals surface area contributed by atoms with Crippen LogP contribution in [0.3, 0.4) is 0 Å². The van der Waals surface area contributed by atoms with E-state index < -0.39 is 0 Å². The summed E-state index contributed by atoms with van der Waals surface area (Å²) >= 11 is 0. The molecule has 0 aromatic heterocycles. The number of hydrogen-bond donors (Lipinski definition) is 1. The Hall–Kier alpha value is -2.03. The molecule has 0 spiro atoms. The van der Waals surface area contributed by atoms with Gasteiger partial charge in [0.2, 0.25) is 0 Å². The highest BCUT2D eigenvalue weighted by Gasteiger charge is 1.98. The summed E-state index contributed by atoms with van der Waals surface area (Å²) in [6, 6.07) is 14.3. The van der Waals surface area contributed by atoms with Gasteiger partial charge in [-0.25, -0.2) is 4.39 Å². The van der Waals surface area contributed by atoms with E-state index in [1.165, 1.54) is 12.1 Å². The number of halogens is 1. The molecule has 0 amide bonds. The minimum atomic E-state index is -0.222. The molecule has 2 aromatic rings. The highest BCUT2D eigenvalue weighted by Crippen LogP contribution is 2.15. The standard InChI is InChI=1S/C16H18FNO/c1-2-10-19-16-5-3-4-13(11-16)12-18-15-8-6-14(17)7-9-15/h3-9,11,18H,2,10,12H2,1H3. The van der Waals surface area contributed by atoms with Crippen LogP contribution in [0.25, 0.3) is 0 Å². The maximum atomic E-state index is 12.8. The van der Waals surface area contributed by atoms with Gasteiger partial charge in [0.15, 0.2) is 0 Å². The fraction of sp³-hybridized carbons (Fsp3) is 0.250. The summed E-state index contributed by atoms with van der Waals surface area (Å²) in [7, 11) is 0. The zero-order valence-corrected chi connectivity index (χ0v) is 11.0. The maximum absolute atomic E-state index is 12.8. The molecule has 3 heteroatoms. The Morgan fingerprint density at radius 3 is 2.63 bits per heavy atom. The first-order chi connectivity index (χ1) is 9.28. The first-order valence-electron chi connectivity index (χ1n) is 6.49. The second kappa shape index (κ2) is 6.78. The lowest BCUT2D eigenvalue weighted by atomic mass is 10.2. The molecule has 0 radical (unpaired) electrons. The average molecular weight is 259 g/mol. The van der Waals surface area contributed by atoms with Gasteiger partial charge in [-0.2, -0.15) is 0 Å². The third kappa shape index (κ3) is 4.28. The molecule has 1 N–H and O–H groups in total. The lowest BCUT2D eigenvalue weighted by Crippen LogP contribution is -2.00. The molecular formula is C16H18FNO.